The van der Waals surface area contributed by atoms with Crippen LogP contribution in [0.2, 0.25) is 0 Å². The molecule has 0 atom stereocenters. The number of ether oxygens (including phenoxy) is 1. The maximum Gasteiger partial charge on any atom is 0.408 e. The molecule has 1 amide bonds. The minimum Gasteiger partial charge on any atom is -0.444 e. The van der Waals surface area contributed by atoms with Crippen molar-refractivity contribution in [1.82, 2.24) is 20.5 Å². The summed E-state index contributed by atoms with van der Waals surface area (Å²) in [4.78, 5) is 15.2. The second kappa shape index (κ2) is 5.53. The molecule has 0 saturated carbocycles. The summed E-state index contributed by atoms with van der Waals surface area (Å²) in [7, 11) is 0. The van der Waals surface area contributed by atoms with Crippen molar-refractivity contribution >= 4 is 6.09 Å². The molecule has 120 valence electrons. The molecule has 0 bridgehead atoms. The maximum atomic E-state index is 12.8. The number of H-pyrrole nitrogens is 1. The predicted molar refractivity (Wildman–Crippen MR) is 68.5 cm³/mol. The largest absolute Gasteiger partial charge is 0.444 e. The second-order valence-corrected chi connectivity index (χ2v) is 6.08. The summed E-state index contributed by atoms with van der Waals surface area (Å²) in [5.41, 5.74) is -2.83. The topological polar surface area (TPSA) is 79.9 Å². The Morgan fingerprint density at radius 3 is 2.29 bits per heavy atom. The Balaban J connectivity index is 2.67. The molecule has 1 heterocycles. The van der Waals surface area contributed by atoms with Crippen molar-refractivity contribution in [3.63, 3.8) is 0 Å². The Morgan fingerprint density at radius 2 is 1.81 bits per heavy atom. The third-order valence-electron chi connectivity index (χ3n) is 2.60. The van der Waals surface area contributed by atoms with E-state index in [9.17, 15) is 18.0 Å². The van der Waals surface area contributed by atoms with E-state index in [-0.39, 0.29) is 18.2 Å². The van der Waals surface area contributed by atoms with E-state index in [1.165, 1.54) is 0 Å². The van der Waals surface area contributed by atoms with Gasteiger partial charge in [0.2, 0.25) is 0 Å². The van der Waals surface area contributed by atoms with Crippen molar-refractivity contribution in [3.8, 4) is 0 Å². The number of amides is 1. The molecule has 1 rings (SSSR count). The summed E-state index contributed by atoms with van der Waals surface area (Å²) in [6.45, 7) is 6.97. The van der Waals surface area contributed by atoms with Crippen LogP contribution in [-0.2, 0) is 16.7 Å². The van der Waals surface area contributed by atoms with Gasteiger partial charge in [0.15, 0.2) is 5.82 Å². The van der Waals surface area contributed by atoms with E-state index in [1.807, 2.05) is 0 Å². The molecule has 0 spiro atoms. The number of aromatic amines is 1. The number of alkyl carbamates (subject to hydrolysis) is 1. The first kappa shape index (κ1) is 17.3. The molecule has 0 aliphatic heterocycles. The third-order valence-corrected chi connectivity index (χ3v) is 2.60. The van der Waals surface area contributed by atoms with E-state index in [0.29, 0.717) is 0 Å². The van der Waals surface area contributed by atoms with E-state index >= 15 is 0 Å². The van der Waals surface area contributed by atoms with Crippen molar-refractivity contribution in [1.29, 1.82) is 0 Å². The maximum absolute atomic E-state index is 12.8. The lowest BCUT2D eigenvalue weighted by Crippen LogP contribution is -2.37. The van der Waals surface area contributed by atoms with Crippen molar-refractivity contribution in [2.24, 2.45) is 0 Å². The van der Waals surface area contributed by atoms with Crippen LogP contribution in [-0.4, -0.2) is 33.1 Å². The molecule has 2 N–H and O–H groups in total. The minimum atomic E-state index is -4.47. The first-order valence-electron chi connectivity index (χ1n) is 6.28. The molecule has 0 fully saturated rings. The van der Waals surface area contributed by atoms with E-state index in [0.717, 1.165) is 13.8 Å². The third kappa shape index (κ3) is 4.61. The van der Waals surface area contributed by atoms with Gasteiger partial charge in [-0.15, -0.1) is 0 Å². The zero-order valence-corrected chi connectivity index (χ0v) is 12.6. The van der Waals surface area contributed by atoms with Gasteiger partial charge in [0, 0.05) is 0 Å². The zero-order valence-electron chi connectivity index (χ0n) is 12.6. The molecular formula is C12H19F3N4O2. The average molecular weight is 308 g/mol. The highest BCUT2D eigenvalue weighted by Gasteiger charge is 2.51. The summed E-state index contributed by atoms with van der Waals surface area (Å²) >= 11 is 0. The Bertz CT molecular complexity index is 503. The molecule has 1 aromatic heterocycles. The molecule has 9 heteroatoms. The Morgan fingerprint density at radius 1 is 1.24 bits per heavy atom. The summed E-state index contributed by atoms with van der Waals surface area (Å²) in [5.74, 6) is -0.260. The number of carbonyl (C=O) groups excluding carboxylic acids is 1. The SMILES string of the molecule is CC(C)(C)OC(=O)NCc1nc(C(C)(C)C(F)(F)F)n[nH]1. The lowest BCUT2D eigenvalue weighted by Gasteiger charge is -2.24. The number of nitrogens with zero attached hydrogens (tertiary/aromatic N) is 2. The fraction of sp³-hybridized carbons (Fsp3) is 0.750. The minimum absolute atomic E-state index is 0.101. The van der Waals surface area contributed by atoms with Crippen molar-refractivity contribution in [3.05, 3.63) is 11.6 Å². The summed E-state index contributed by atoms with van der Waals surface area (Å²) < 4.78 is 43.5. The van der Waals surface area contributed by atoms with Crippen LogP contribution < -0.4 is 5.32 Å². The summed E-state index contributed by atoms with van der Waals surface area (Å²) in [6, 6.07) is 0. The smallest absolute Gasteiger partial charge is 0.408 e. The van der Waals surface area contributed by atoms with E-state index in [2.05, 4.69) is 20.5 Å². The fourth-order valence-corrected chi connectivity index (χ4v) is 1.25. The fourth-order valence-electron chi connectivity index (χ4n) is 1.25. The highest BCUT2D eigenvalue weighted by Crippen LogP contribution is 2.38. The highest BCUT2D eigenvalue weighted by molar-refractivity contribution is 5.67. The molecule has 0 radical (unpaired) electrons. The van der Waals surface area contributed by atoms with Gasteiger partial charge in [-0.25, -0.2) is 9.78 Å². The molecule has 0 aromatic carbocycles. The number of rotatable bonds is 3. The van der Waals surface area contributed by atoms with Crippen molar-refractivity contribution in [2.45, 2.75) is 58.4 Å². The van der Waals surface area contributed by atoms with Gasteiger partial charge in [-0.3, -0.25) is 5.10 Å². The lowest BCUT2D eigenvalue weighted by atomic mass is 9.92. The molecular weight excluding hydrogens is 289 g/mol. The van der Waals surface area contributed by atoms with Crippen LogP contribution in [0.5, 0.6) is 0 Å². The molecule has 0 aliphatic rings. The molecule has 0 aliphatic carbocycles. The summed E-state index contributed by atoms with van der Waals surface area (Å²) in [5, 5.41) is 8.31. The Hall–Kier alpha value is -1.80. The quantitative estimate of drug-likeness (QED) is 0.899. The van der Waals surface area contributed by atoms with Gasteiger partial charge >= 0.3 is 12.3 Å². The van der Waals surface area contributed by atoms with Gasteiger partial charge in [-0.05, 0) is 34.6 Å². The Labute approximate surface area is 120 Å². The molecule has 21 heavy (non-hydrogen) atoms. The first-order valence-corrected chi connectivity index (χ1v) is 6.28. The number of aromatic nitrogens is 3. The van der Waals surface area contributed by atoms with Crippen LogP contribution in [0, 0.1) is 0 Å². The molecule has 0 saturated heterocycles. The molecule has 0 unspecified atom stereocenters. The van der Waals surface area contributed by atoms with Gasteiger partial charge in [-0.1, -0.05) is 0 Å². The second-order valence-electron chi connectivity index (χ2n) is 6.08. The van der Waals surface area contributed by atoms with Crippen LogP contribution in [0.25, 0.3) is 0 Å². The van der Waals surface area contributed by atoms with E-state index in [1.54, 1.807) is 20.8 Å². The van der Waals surface area contributed by atoms with Gasteiger partial charge in [-0.2, -0.15) is 18.3 Å². The van der Waals surface area contributed by atoms with Gasteiger partial charge in [0.05, 0.1) is 6.54 Å². The molecule has 1 aromatic rings. The Kier molecular flexibility index (Phi) is 4.54. The summed E-state index contributed by atoms with van der Waals surface area (Å²) in [6.07, 6.45) is -5.15. The highest BCUT2D eigenvalue weighted by atomic mass is 19.4. The standard InChI is InChI=1S/C12H19F3N4O2/c1-10(2,3)21-9(20)16-6-7-17-8(19-18-7)11(4,5)12(13,14)15/h6H2,1-5H3,(H,16,20)(H,17,18,19). The van der Waals surface area contributed by atoms with Gasteiger partial charge < -0.3 is 10.1 Å². The van der Waals surface area contributed by atoms with Gasteiger partial charge in [0.25, 0.3) is 0 Å². The van der Waals surface area contributed by atoms with Crippen molar-refractivity contribution in [2.75, 3.05) is 0 Å². The van der Waals surface area contributed by atoms with Crippen LogP contribution in [0.4, 0.5) is 18.0 Å². The normalized spacial score (nSPS) is 13.1. The number of alkyl halides is 3. The van der Waals surface area contributed by atoms with Crippen LogP contribution in [0.3, 0.4) is 0 Å². The van der Waals surface area contributed by atoms with Crippen LogP contribution >= 0.6 is 0 Å². The number of halogens is 3. The van der Waals surface area contributed by atoms with Crippen molar-refractivity contribution < 1.29 is 22.7 Å². The van der Waals surface area contributed by atoms with Crippen LogP contribution in [0.15, 0.2) is 0 Å². The lowest BCUT2D eigenvalue weighted by molar-refractivity contribution is -0.182. The number of hydrogen-bond acceptors (Lipinski definition) is 4. The van der Waals surface area contributed by atoms with Crippen LogP contribution in [0.1, 0.15) is 46.3 Å². The molecule has 6 nitrogen and oxygen atoms in total. The van der Waals surface area contributed by atoms with E-state index < -0.39 is 23.3 Å². The first-order chi connectivity index (χ1) is 9.33. The predicted octanol–water partition coefficient (Wildman–Crippen LogP) is 2.67. The number of carbonyl (C=O) groups is 1. The van der Waals surface area contributed by atoms with E-state index in [4.69, 9.17) is 4.74 Å². The zero-order chi connectivity index (χ0) is 16.5. The number of nitrogens with one attached hydrogen (secondary N) is 2. The van der Waals surface area contributed by atoms with Gasteiger partial charge in [0.1, 0.15) is 16.8 Å². The monoisotopic (exact) mass is 308 g/mol. The number of hydrogen-bond donors (Lipinski definition) is 2. The average Bonchev–Trinajstić information content (AvgIpc) is 2.71.